The van der Waals surface area contributed by atoms with Gasteiger partial charge >= 0.3 is 0 Å². The van der Waals surface area contributed by atoms with Crippen molar-refractivity contribution in [1.82, 2.24) is 0 Å². The molecule has 0 aliphatic heterocycles. The maximum Gasteiger partial charge on any atom is 0.200 e. The van der Waals surface area contributed by atoms with Gasteiger partial charge in [-0.3, -0.25) is 0 Å². The first kappa shape index (κ1) is 56.8. The van der Waals surface area contributed by atoms with Gasteiger partial charge in [0.1, 0.15) is 52.7 Å². The Balaban J connectivity index is 0.000000457. The van der Waals surface area contributed by atoms with E-state index in [0.717, 1.165) is 0 Å². The molecular formula is C45H46BF20N. The van der Waals surface area contributed by atoms with Gasteiger partial charge in [0.15, 0.2) is 69.8 Å². The standard InChI is InChI=1S/C24BF20.C21H45N/c26-5-1(6(27)14(35)21(42)13(5)34)25(2-7(28)15(36)22(43)16(37)8(2)29,3-9(30)17(38)23(44)18(39)10(3)31)4-11(32)19(40)24(45)20(41)12(4)33;1-4-6-8-10-12-14-16-18-20-22(3)21-19-17-15-13-11-9-7-5-2/h;4-21H2,1-3H3/q-1;/p+1. The third-order valence-electron chi connectivity index (χ3n) is 11.6. The van der Waals surface area contributed by atoms with Crippen LogP contribution in [0.2, 0.25) is 0 Å². The van der Waals surface area contributed by atoms with E-state index in [9.17, 15) is 52.7 Å². The summed E-state index contributed by atoms with van der Waals surface area (Å²) >= 11 is 0. The van der Waals surface area contributed by atoms with Crippen LogP contribution in [0.3, 0.4) is 0 Å². The van der Waals surface area contributed by atoms with Crippen LogP contribution < -0.4 is 26.8 Å². The van der Waals surface area contributed by atoms with Crippen molar-refractivity contribution in [2.75, 3.05) is 20.1 Å². The van der Waals surface area contributed by atoms with Gasteiger partial charge in [-0.1, -0.05) is 90.9 Å². The monoisotopic (exact) mass is 991 g/mol. The predicted octanol–water partition coefficient (Wildman–Crippen LogP) is 11.6. The van der Waals surface area contributed by atoms with Crippen molar-refractivity contribution < 1.29 is 92.7 Å². The lowest BCUT2D eigenvalue weighted by atomic mass is 9.12. The first-order valence-electron chi connectivity index (χ1n) is 21.6. The quantitative estimate of drug-likeness (QED) is 0.0263. The summed E-state index contributed by atoms with van der Waals surface area (Å²) in [6.45, 7) is 7.38. The van der Waals surface area contributed by atoms with Crippen LogP contribution in [0.1, 0.15) is 117 Å². The van der Waals surface area contributed by atoms with Crippen molar-refractivity contribution in [2.45, 2.75) is 117 Å². The molecule has 1 N–H and O–H groups in total. The summed E-state index contributed by atoms with van der Waals surface area (Å²) in [6.07, 6.45) is 15.9. The highest BCUT2D eigenvalue weighted by atomic mass is 19.2. The van der Waals surface area contributed by atoms with Gasteiger partial charge in [0.25, 0.3) is 0 Å². The third-order valence-corrected chi connectivity index (χ3v) is 11.6. The number of halogens is 20. The van der Waals surface area contributed by atoms with E-state index in [2.05, 4.69) is 20.9 Å². The largest absolute Gasteiger partial charge is 0.337 e. The molecule has 0 saturated heterocycles. The molecule has 0 fully saturated rings. The second-order valence-corrected chi connectivity index (χ2v) is 16.2. The molecule has 0 amide bonds. The Bertz CT molecular complexity index is 1940. The SMILES string of the molecule is CCCCCCCCCC[NH+](C)CCCCCCCCCC.Fc1c(F)c(F)c([B-](c2c(F)c(F)c(F)c(F)c2F)(c2c(F)c(F)c(F)c(F)c2F)c2c(F)c(F)c(F)c(F)c2F)c(F)c1F. The molecule has 0 heterocycles. The zero-order valence-electron chi connectivity index (χ0n) is 36.4. The zero-order valence-corrected chi connectivity index (χ0v) is 36.4. The van der Waals surface area contributed by atoms with E-state index in [0.29, 0.717) is 0 Å². The summed E-state index contributed by atoms with van der Waals surface area (Å²) in [5, 5.41) is 0. The average Bonchev–Trinajstić information content (AvgIpc) is 3.30. The maximum absolute atomic E-state index is 15.4. The molecular weight excluding hydrogens is 945 g/mol. The second kappa shape index (κ2) is 25.2. The summed E-state index contributed by atoms with van der Waals surface area (Å²) in [6, 6.07) is 0. The summed E-state index contributed by atoms with van der Waals surface area (Å²) in [4.78, 5) is 1.76. The summed E-state index contributed by atoms with van der Waals surface area (Å²) in [5.74, 6) is -71.4. The number of nitrogens with one attached hydrogen (secondary N) is 1. The molecule has 0 bridgehead atoms. The van der Waals surface area contributed by atoms with Crippen LogP contribution in [0.15, 0.2) is 0 Å². The molecule has 1 nitrogen and oxygen atoms in total. The molecule has 0 aromatic heterocycles. The number of unbranched alkanes of at least 4 members (excludes halogenated alkanes) is 14. The van der Waals surface area contributed by atoms with Crippen molar-refractivity contribution in [3.05, 3.63) is 116 Å². The molecule has 0 aliphatic carbocycles. The van der Waals surface area contributed by atoms with E-state index in [1.54, 1.807) is 4.90 Å². The van der Waals surface area contributed by atoms with Crippen LogP contribution in [0.4, 0.5) is 87.8 Å². The number of hydrogen-bond donors (Lipinski definition) is 1. The normalized spacial score (nSPS) is 11.8. The highest BCUT2D eigenvalue weighted by Crippen LogP contribution is 2.31. The molecule has 374 valence electrons. The molecule has 4 aromatic rings. The van der Waals surface area contributed by atoms with Crippen LogP contribution in [-0.2, 0) is 0 Å². The van der Waals surface area contributed by atoms with Crippen LogP contribution in [0.5, 0.6) is 0 Å². The van der Waals surface area contributed by atoms with Gasteiger partial charge < -0.3 is 4.90 Å². The lowest BCUT2D eigenvalue weighted by Crippen LogP contribution is -3.09. The van der Waals surface area contributed by atoms with E-state index >= 15 is 35.1 Å². The lowest BCUT2D eigenvalue weighted by molar-refractivity contribution is -0.880. The van der Waals surface area contributed by atoms with Gasteiger partial charge in [0.05, 0.1) is 20.1 Å². The van der Waals surface area contributed by atoms with Gasteiger partial charge in [0, 0.05) is 0 Å². The van der Waals surface area contributed by atoms with E-state index in [1.807, 2.05) is 0 Å². The van der Waals surface area contributed by atoms with E-state index in [-0.39, 0.29) is 0 Å². The zero-order chi connectivity index (χ0) is 50.7. The highest BCUT2D eigenvalue weighted by molar-refractivity contribution is 7.20. The summed E-state index contributed by atoms with van der Waals surface area (Å²) in [7, 11) is 2.39. The molecule has 4 aromatic carbocycles. The van der Waals surface area contributed by atoms with Crippen molar-refractivity contribution in [1.29, 1.82) is 0 Å². The Morgan fingerprint density at radius 2 is 0.388 bits per heavy atom. The minimum atomic E-state index is -7.22. The molecule has 22 heteroatoms. The average molecular weight is 992 g/mol. The highest BCUT2D eigenvalue weighted by Gasteiger charge is 2.52. The van der Waals surface area contributed by atoms with E-state index < -0.39 is 144 Å². The Hall–Kier alpha value is -4.50. The van der Waals surface area contributed by atoms with Gasteiger partial charge in [-0.05, 0) is 25.7 Å². The second-order valence-electron chi connectivity index (χ2n) is 16.2. The Morgan fingerprint density at radius 1 is 0.239 bits per heavy atom. The topological polar surface area (TPSA) is 4.44 Å². The van der Waals surface area contributed by atoms with Crippen LogP contribution in [0.25, 0.3) is 0 Å². The van der Waals surface area contributed by atoms with Crippen molar-refractivity contribution in [3.8, 4) is 0 Å². The number of quaternary nitrogens is 1. The minimum Gasteiger partial charge on any atom is -0.337 e. The first-order valence-corrected chi connectivity index (χ1v) is 21.6. The molecule has 0 atom stereocenters. The molecule has 4 rings (SSSR count). The van der Waals surface area contributed by atoms with E-state index in [4.69, 9.17) is 0 Å². The molecule has 0 saturated carbocycles. The fourth-order valence-corrected chi connectivity index (χ4v) is 8.12. The number of benzene rings is 4. The first-order chi connectivity index (χ1) is 31.5. The smallest absolute Gasteiger partial charge is 0.200 e. The van der Waals surface area contributed by atoms with Crippen LogP contribution in [-0.4, -0.2) is 26.3 Å². The van der Waals surface area contributed by atoms with Gasteiger partial charge in [0.2, 0.25) is 0 Å². The summed E-state index contributed by atoms with van der Waals surface area (Å²) in [5.41, 5.74) is -14.3. The van der Waals surface area contributed by atoms with Crippen molar-refractivity contribution >= 4 is 28.0 Å². The minimum absolute atomic E-state index is 1.37. The lowest BCUT2D eigenvalue weighted by Gasteiger charge is -2.44. The molecule has 0 radical (unpaired) electrons. The Kier molecular flexibility index (Phi) is 21.4. The molecule has 0 unspecified atom stereocenters. The van der Waals surface area contributed by atoms with Crippen molar-refractivity contribution in [2.24, 2.45) is 0 Å². The van der Waals surface area contributed by atoms with E-state index in [1.165, 1.54) is 116 Å². The molecule has 67 heavy (non-hydrogen) atoms. The van der Waals surface area contributed by atoms with Gasteiger partial charge in [-0.15, -0.1) is 21.9 Å². The maximum atomic E-state index is 15.4. The van der Waals surface area contributed by atoms with Crippen molar-refractivity contribution in [3.63, 3.8) is 0 Å². The molecule has 0 spiro atoms. The molecule has 0 aliphatic rings. The Labute approximate surface area is 373 Å². The fraction of sp³-hybridized carbons (Fsp3) is 0.467. The third kappa shape index (κ3) is 11.9. The Morgan fingerprint density at radius 3 is 0.567 bits per heavy atom. The van der Waals surface area contributed by atoms with Gasteiger partial charge in [-0.25, -0.2) is 87.8 Å². The van der Waals surface area contributed by atoms with Crippen LogP contribution in [0, 0.1) is 116 Å². The van der Waals surface area contributed by atoms with Crippen LogP contribution >= 0.6 is 0 Å². The number of hydrogen-bond acceptors (Lipinski definition) is 0. The summed E-state index contributed by atoms with van der Waals surface area (Å²) < 4.78 is 294. The predicted molar refractivity (Wildman–Crippen MR) is 211 cm³/mol. The number of rotatable bonds is 22. The fourth-order valence-electron chi connectivity index (χ4n) is 8.12. The van der Waals surface area contributed by atoms with Gasteiger partial charge in [-0.2, -0.15) is 0 Å².